The Bertz CT molecular complexity index is 646. The van der Waals surface area contributed by atoms with E-state index in [2.05, 4.69) is 5.43 Å². The van der Waals surface area contributed by atoms with Crippen molar-refractivity contribution < 1.29 is 13.5 Å². The number of nitrogens with two attached hydrogens (primary N) is 1. The predicted molar refractivity (Wildman–Crippen MR) is 71.2 cm³/mol. The summed E-state index contributed by atoms with van der Waals surface area (Å²) < 4.78 is 32.9. The zero-order chi connectivity index (χ0) is 14.1. The van der Waals surface area contributed by atoms with E-state index in [1.807, 2.05) is 12.1 Å². The van der Waals surface area contributed by atoms with E-state index in [0.29, 0.717) is 17.9 Å². The predicted octanol–water partition coefficient (Wildman–Crippen LogP) is 2.45. The maximum Gasteiger partial charge on any atom is 0.128 e. The first kappa shape index (κ1) is 13.0. The van der Waals surface area contributed by atoms with E-state index in [1.54, 1.807) is 6.07 Å². The molecule has 0 aliphatic carbocycles. The number of ether oxygens (including phenoxy) is 1. The molecule has 0 fully saturated rings. The molecule has 1 unspecified atom stereocenters. The summed E-state index contributed by atoms with van der Waals surface area (Å²) >= 11 is 0. The van der Waals surface area contributed by atoms with Gasteiger partial charge in [0.15, 0.2) is 0 Å². The van der Waals surface area contributed by atoms with Gasteiger partial charge in [-0.2, -0.15) is 0 Å². The normalized spacial score (nSPS) is 14.8. The van der Waals surface area contributed by atoms with Gasteiger partial charge in [0, 0.05) is 17.5 Å². The largest absolute Gasteiger partial charge is 0.493 e. The molecule has 0 aromatic heterocycles. The topological polar surface area (TPSA) is 47.3 Å². The summed E-state index contributed by atoms with van der Waals surface area (Å²) in [5.74, 6) is 5.25. The van der Waals surface area contributed by atoms with Gasteiger partial charge in [-0.15, -0.1) is 0 Å². The summed E-state index contributed by atoms with van der Waals surface area (Å²) in [7, 11) is 0. The van der Waals surface area contributed by atoms with Crippen molar-refractivity contribution in [3.63, 3.8) is 0 Å². The molecule has 2 aromatic rings. The Morgan fingerprint density at radius 2 is 2.00 bits per heavy atom. The Morgan fingerprint density at radius 1 is 1.15 bits per heavy atom. The van der Waals surface area contributed by atoms with Crippen LogP contribution in [0.5, 0.6) is 5.75 Å². The first-order valence-electron chi connectivity index (χ1n) is 6.36. The highest BCUT2D eigenvalue weighted by atomic mass is 19.1. The van der Waals surface area contributed by atoms with Crippen LogP contribution in [-0.4, -0.2) is 6.61 Å². The van der Waals surface area contributed by atoms with Crippen molar-refractivity contribution in [2.45, 2.75) is 12.5 Å². The number of fused-ring (bicyclic) bond motifs is 1. The van der Waals surface area contributed by atoms with Gasteiger partial charge in [0.2, 0.25) is 0 Å². The summed E-state index contributed by atoms with van der Waals surface area (Å²) in [6.45, 7) is 0.593. The lowest BCUT2D eigenvalue weighted by molar-refractivity contribution is 0.350. The number of rotatable bonds is 3. The third-order valence-corrected chi connectivity index (χ3v) is 3.49. The molecule has 3 nitrogen and oxygen atoms in total. The maximum absolute atomic E-state index is 13.9. The number of hydrazine groups is 1. The van der Waals surface area contributed by atoms with Gasteiger partial charge >= 0.3 is 0 Å². The molecule has 3 N–H and O–H groups in total. The molecule has 1 heterocycles. The lowest BCUT2D eigenvalue weighted by Crippen LogP contribution is -2.30. The molecule has 104 valence electrons. The Hall–Kier alpha value is -1.98. The second kappa shape index (κ2) is 5.19. The number of hydrogen-bond acceptors (Lipinski definition) is 3. The summed E-state index contributed by atoms with van der Waals surface area (Å²) in [6.07, 6.45) is 0.812. The molecule has 1 aliphatic heterocycles. The average Bonchev–Trinajstić information content (AvgIpc) is 2.92. The van der Waals surface area contributed by atoms with Gasteiger partial charge in [-0.1, -0.05) is 18.2 Å². The quantitative estimate of drug-likeness (QED) is 0.668. The van der Waals surface area contributed by atoms with E-state index >= 15 is 0 Å². The summed E-state index contributed by atoms with van der Waals surface area (Å²) in [4.78, 5) is 0. The van der Waals surface area contributed by atoms with Crippen LogP contribution in [0.2, 0.25) is 0 Å². The molecular weight excluding hydrogens is 262 g/mol. The lowest BCUT2D eigenvalue weighted by Gasteiger charge is -2.20. The first-order chi connectivity index (χ1) is 9.70. The molecule has 0 saturated heterocycles. The Kier molecular flexibility index (Phi) is 3.38. The fourth-order valence-corrected chi connectivity index (χ4v) is 2.55. The second-order valence-corrected chi connectivity index (χ2v) is 4.70. The third kappa shape index (κ3) is 2.15. The molecule has 20 heavy (non-hydrogen) atoms. The molecule has 2 aromatic carbocycles. The molecule has 1 aliphatic rings. The molecule has 3 rings (SSSR count). The fraction of sp³-hybridized carbons (Fsp3) is 0.200. The molecule has 1 atom stereocenters. The van der Waals surface area contributed by atoms with Gasteiger partial charge in [0.05, 0.1) is 12.6 Å². The van der Waals surface area contributed by atoms with Gasteiger partial charge in [0.25, 0.3) is 0 Å². The monoisotopic (exact) mass is 276 g/mol. The van der Waals surface area contributed by atoms with E-state index in [9.17, 15) is 8.78 Å². The number of halogens is 2. The van der Waals surface area contributed by atoms with Crippen LogP contribution in [0.15, 0.2) is 36.4 Å². The number of para-hydroxylation sites is 1. The lowest BCUT2D eigenvalue weighted by atomic mass is 9.96. The highest BCUT2D eigenvalue weighted by molar-refractivity contribution is 5.48. The average molecular weight is 276 g/mol. The highest BCUT2D eigenvalue weighted by Gasteiger charge is 2.24. The summed E-state index contributed by atoms with van der Waals surface area (Å²) in [6, 6.07) is 8.30. The van der Waals surface area contributed by atoms with Gasteiger partial charge in [-0.25, -0.2) is 14.2 Å². The summed E-state index contributed by atoms with van der Waals surface area (Å²) in [5, 5.41) is 0. The minimum absolute atomic E-state index is 0.163. The first-order valence-corrected chi connectivity index (χ1v) is 6.36. The van der Waals surface area contributed by atoms with E-state index in [1.165, 1.54) is 0 Å². The molecule has 0 saturated carbocycles. The van der Waals surface area contributed by atoms with Crippen LogP contribution < -0.4 is 16.0 Å². The number of benzene rings is 2. The van der Waals surface area contributed by atoms with Crippen LogP contribution in [-0.2, 0) is 6.42 Å². The minimum Gasteiger partial charge on any atom is -0.493 e. The van der Waals surface area contributed by atoms with Crippen LogP contribution in [0.1, 0.15) is 22.7 Å². The molecule has 0 bridgehead atoms. The van der Waals surface area contributed by atoms with Crippen LogP contribution in [0.3, 0.4) is 0 Å². The van der Waals surface area contributed by atoms with Crippen LogP contribution in [0.4, 0.5) is 8.78 Å². The van der Waals surface area contributed by atoms with Crippen molar-refractivity contribution in [2.75, 3.05) is 6.61 Å². The van der Waals surface area contributed by atoms with Crippen molar-refractivity contribution in [1.29, 1.82) is 0 Å². The molecule has 0 radical (unpaired) electrons. The fourth-order valence-electron chi connectivity index (χ4n) is 2.55. The van der Waals surface area contributed by atoms with E-state index < -0.39 is 17.7 Å². The van der Waals surface area contributed by atoms with Crippen LogP contribution in [0.25, 0.3) is 0 Å². The Labute approximate surface area is 115 Å². The van der Waals surface area contributed by atoms with Gasteiger partial charge < -0.3 is 4.74 Å². The molecular formula is C15H14F2N2O. The second-order valence-electron chi connectivity index (χ2n) is 4.70. The zero-order valence-electron chi connectivity index (χ0n) is 10.7. The summed E-state index contributed by atoms with van der Waals surface area (Å²) in [5.41, 5.74) is 4.48. The van der Waals surface area contributed by atoms with E-state index in [0.717, 1.165) is 30.2 Å². The standard InChI is InChI=1S/C15H14F2N2O/c16-10-4-5-13(17)12(8-10)14(19-18)11-3-1-2-9-6-7-20-15(9)11/h1-5,8,14,19H,6-7,18H2. The van der Waals surface area contributed by atoms with E-state index in [4.69, 9.17) is 10.6 Å². The van der Waals surface area contributed by atoms with Gasteiger partial charge in [0.1, 0.15) is 17.4 Å². The smallest absolute Gasteiger partial charge is 0.128 e. The molecule has 0 amide bonds. The van der Waals surface area contributed by atoms with Gasteiger partial charge in [-0.3, -0.25) is 5.84 Å². The van der Waals surface area contributed by atoms with Gasteiger partial charge in [-0.05, 0) is 23.8 Å². The van der Waals surface area contributed by atoms with Crippen molar-refractivity contribution >= 4 is 0 Å². The van der Waals surface area contributed by atoms with E-state index in [-0.39, 0.29) is 5.56 Å². The highest BCUT2D eigenvalue weighted by Crippen LogP contribution is 2.36. The SMILES string of the molecule is NNC(c1cc(F)ccc1F)c1cccc2c1OCC2. The van der Waals surface area contributed by atoms with Crippen molar-refractivity contribution in [3.05, 3.63) is 64.7 Å². The number of nitrogens with one attached hydrogen (secondary N) is 1. The minimum atomic E-state index is -0.654. The van der Waals surface area contributed by atoms with Crippen molar-refractivity contribution in [3.8, 4) is 5.75 Å². The van der Waals surface area contributed by atoms with Crippen LogP contribution >= 0.6 is 0 Å². The van der Waals surface area contributed by atoms with Crippen LogP contribution in [0, 0.1) is 11.6 Å². The zero-order valence-corrected chi connectivity index (χ0v) is 10.7. The van der Waals surface area contributed by atoms with Crippen molar-refractivity contribution in [2.24, 2.45) is 5.84 Å². The Morgan fingerprint density at radius 3 is 2.80 bits per heavy atom. The Balaban J connectivity index is 2.11. The third-order valence-electron chi connectivity index (χ3n) is 3.49. The number of hydrogen-bond donors (Lipinski definition) is 2. The molecule has 5 heteroatoms. The van der Waals surface area contributed by atoms with Crippen molar-refractivity contribution in [1.82, 2.24) is 5.43 Å². The molecule has 0 spiro atoms. The maximum atomic E-state index is 13.9.